The summed E-state index contributed by atoms with van der Waals surface area (Å²) < 4.78 is 0. The average molecular weight is 468 g/mol. The van der Waals surface area contributed by atoms with Crippen LogP contribution in [0.5, 0.6) is 0 Å². The number of aromatic nitrogens is 2. The van der Waals surface area contributed by atoms with Crippen molar-refractivity contribution in [3.63, 3.8) is 0 Å². The fourth-order valence-corrected chi connectivity index (χ4v) is 2.31. The van der Waals surface area contributed by atoms with Gasteiger partial charge >= 0.3 is 0 Å². The molecular formula is C19H29IN6. The minimum Gasteiger partial charge on any atom is -0.370 e. The van der Waals surface area contributed by atoms with Gasteiger partial charge in [-0.1, -0.05) is 12.1 Å². The first kappa shape index (κ1) is 22.1. The van der Waals surface area contributed by atoms with Crippen molar-refractivity contribution in [1.82, 2.24) is 20.6 Å². The van der Waals surface area contributed by atoms with E-state index >= 15 is 0 Å². The molecule has 0 radical (unpaired) electrons. The van der Waals surface area contributed by atoms with Crippen LogP contribution in [0.1, 0.15) is 25.5 Å². The number of unbranched alkanes of at least 4 members (excludes halogenated alkanes) is 1. The van der Waals surface area contributed by atoms with Gasteiger partial charge in [-0.2, -0.15) is 0 Å². The molecule has 0 bridgehead atoms. The van der Waals surface area contributed by atoms with Crippen LogP contribution in [0.4, 0.5) is 5.82 Å². The number of halogens is 1. The number of aliphatic imine (C=N–C) groups is 1. The van der Waals surface area contributed by atoms with Crippen molar-refractivity contribution in [2.24, 2.45) is 4.99 Å². The molecule has 0 aliphatic heterocycles. The van der Waals surface area contributed by atoms with Gasteiger partial charge in [-0.15, -0.1) is 24.0 Å². The third-order valence-corrected chi connectivity index (χ3v) is 3.57. The zero-order valence-corrected chi connectivity index (χ0v) is 17.6. The van der Waals surface area contributed by atoms with Crippen LogP contribution in [0.15, 0.2) is 53.8 Å². The number of guanidine groups is 1. The molecule has 2 rings (SSSR count). The standard InChI is InChI=1S/C19H28N6.HI/c1-2-20-19(25-16-11-17-9-3-5-12-21-17)24-15-8-7-14-23-18-10-4-6-13-22-18;/h3-6,9-10,12-13H,2,7-8,11,14-16H2,1H3,(H,22,23)(H2,20,24,25);1H. The molecule has 2 aromatic rings. The molecular weight excluding hydrogens is 439 g/mol. The predicted molar refractivity (Wildman–Crippen MR) is 119 cm³/mol. The second-order valence-electron chi connectivity index (χ2n) is 5.61. The molecule has 0 atom stereocenters. The Labute approximate surface area is 173 Å². The van der Waals surface area contributed by atoms with Crippen LogP contribution >= 0.6 is 24.0 Å². The first-order chi connectivity index (χ1) is 12.4. The maximum atomic E-state index is 4.62. The molecule has 0 saturated carbocycles. The highest BCUT2D eigenvalue weighted by Crippen LogP contribution is 2.00. The van der Waals surface area contributed by atoms with Crippen molar-refractivity contribution in [2.75, 3.05) is 31.5 Å². The van der Waals surface area contributed by atoms with Gasteiger partial charge in [0.15, 0.2) is 5.96 Å². The number of nitrogens with one attached hydrogen (secondary N) is 3. The molecule has 6 nitrogen and oxygen atoms in total. The smallest absolute Gasteiger partial charge is 0.191 e. The fraction of sp³-hybridized carbons (Fsp3) is 0.421. The van der Waals surface area contributed by atoms with Crippen molar-refractivity contribution in [1.29, 1.82) is 0 Å². The van der Waals surface area contributed by atoms with Crippen LogP contribution in [-0.2, 0) is 6.42 Å². The monoisotopic (exact) mass is 468 g/mol. The quantitative estimate of drug-likeness (QED) is 0.216. The number of anilines is 1. The van der Waals surface area contributed by atoms with Crippen LogP contribution in [0.3, 0.4) is 0 Å². The molecule has 0 amide bonds. The molecule has 3 N–H and O–H groups in total. The Morgan fingerprint density at radius 2 is 1.77 bits per heavy atom. The fourth-order valence-electron chi connectivity index (χ4n) is 2.31. The Morgan fingerprint density at radius 3 is 2.46 bits per heavy atom. The van der Waals surface area contributed by atoms with Crippen LogP contribution in [0, 0.1) is 0 Å². The third-order valence-electron chi connectivity index (χ3n) is 3.57. The molecule has 0 unspecified atom stereocenters. The molecule has 0 aromatic carbocycles. The first-order valence-corrected chi connectivity index (χ1v) is 8.95. The van der Waals surface area contributed by atoms with Crippen LogP contribution in [0.2, 0.25) is 0 Å². The predicted octanol–water partition coefficient (Wildman–Crippen LogP) is 3.08. The maximum absolute atomic E-state index is 4.62. The van der Waals surface area contributed by atoms with Crippen LogP contribution in [0.25, 0.3) is 0 Å². The molecule has 7 heteroatoms. The Hall–Kier alpha value is -1.90. The lowest BCUT2D eigenvalue weighted by atomic mass is 10.3. The SMILES string of the molecule is CCNC(=NCCCCNc1ccccn1)NCCc1ccccn1.I. The minimum absolute atomic E-state index is 0. The van der Waals surface area contributed by atoms with Gasteiger partial charge in [0.2, 0.25) is 0 Å². The summed E-state index contributed by atoms with van der Waals surface area (Å²) in [6, 6.07) is 11.9. The zero-order chi connectivity index (χ0) is 17.6. The molecule has 26 heavy (non-hydrogen) atoms. The van der Waals surface area contributed by atoms with E-state index in [4.69, 9.17) is 0 Å². The summed E-state index contributed by atoms with van der Waals surface area (Å²) in [5.41, 5.74) is 1.09. The Bertz CT molecular complexity index is 606. The van der Waals surface area contributed by atoms with E-state index in [1.807, 2.05) is 42.6 Å². The van der Waals surface area contributed by atoms with Crippen molar-refractivity contribution >= 4 is 35.8 Å². The van der Waals surface area contributed by atoms with Gasteiger partial charge < -0.3 is 16.0 Å². The molecule has 2 heterocycles. The second-order valence-corrected chi connectivity index (χ2v) is 5.61. The molecule has 0 saturated heterocycles. The number of nitrogens with zero attached hydrogens (tertiary/aromatic N) is 3. The summed E-state index contributed by atoms with van der Waals surface area (Å²) in [6.07, 6.45) is 6.61. The van der Waals surface area contributed by atoms with Gasteiger partial charge in [-0.25, -0.2) is 4.98 Å². The van der Waals surface area contributed by atoms with E-state index in [9.17, 15) is 0 Å². The molecule has 0 fully saturated rings. The van der Waals surface area contributed by atoms with Crippen LogP contribution in [-0.4, -0.2) is 42.1 Å². The van der Waals surface area contributed by atoms with Crippen molar-refractivity contribution in [3.05, 3.63) is 54.5 Å². The van der Waals surface area contributed by atoms with Gasteiger partial charge in [0.1, 0.15) is 5.82 Å². The number of hydrogen-bond donors (Lipinski definition) is 3. The molecule has 0 aliphatic carbocycles. The largest absolute Gasteiger partial charge is 0.370 e. The summed E-state index contributed by atoms with van der Waals surface area (Å²) in [5.74, 6) is 1.80. The van der Waals surface area contributed by atoms with Gasteiger partial charge in [0.25, 0.3) is 0 Å². The summed E-state index contributed by atoms with van der Waals surface area (Å²) in [6.45, 7) is 5.48. The Balaban J connectivity index is 0.00000338. The lowest BCUT2D eigenvalue weighted by Crippen LogP contribution is -2.38. The Kier molecular flexibility index (Phi) is 12.2. The zero-order valence-electron chi connectivity index (χ0n) is 15.3. The highest BCUT2D eigenvalue weighted by molar-refractivity contribution is 14.0. The third kappa shape index (κ3) is 9.55. The lowest BCUT2D eigenvalue weighted by molar-refractivity contribution is 0.747. The summed E-state index contributed by atoms with van der Waals surface area (Å²) in [7, 11) is 0. The normalized spacial score (nSPS) is 10.7. The van der Waals surface area contributed by atoms with Gasteiger partial charge in [0, 0.05) is 50.7 Å². The van der Waals surface area contributed by atoms with E-state index in [-0.39, 0.29) is 24.0 Å². The van der Waals surface area contributed by atoms with E-state index in [1.54, 1.807) is 6.20 Å². The van der Waals surface area contributed by atoms with Gasteiger partial charge in [-0.3, -0.25) is 9.98 Å². The summed E-state index contributed by atoms with van der Waals surface area (Å²) in [5, 5.41) is 9.95. The lowest BCUT2D eigenvalue weighted by Gasteiger charge is -2.11. The van der Waals surface area contributed by atoms with E-state index < -0.39 is 0 Å². The van der Waals surface area contributed by atoms with E-state index in [0.717, 1.165) is 62.9 Å². The first-order valence-electron chi connectivity index (χ1n) is 8.95. The highest BCUT2D eigenvalue weighted by Gasteiger charge is 1.98. The van der Waals surface area contributed by atoms with E-state index in [0.29, 0.717) is 0 Å². The van der Waals surface area contributed by atoms with Crippen molar-refractivity contribution < 1.29 is 0 Å². The number of pyridine rings is 2. The average Bonchev–Trinajstić information content (AvgIpc) is 2.66. The number of rotatable bonds is 10. The summed E-state index contributed by atoms with van der Waals surface area (Å²) >= 11 is 0. The summed E-state index contributed by atoms with van der Waals surface area (Å²) in [4.78, 5) is 13.2. The van der Waals surface area contributed by atoms with Crippen LogP contribution < -0.4 is 16.0 Å². The van der Waals surface area contributed by atoms with Gasteiger partial charge in [-0.05, 0) is 44.0 Å². The molecule has 2 aromatic heterocycles. The minimum atomic E-state index is 0. The Morgan fingerprint density at radius 1 is 0.962 bits per heavy atom. The highest BCUT2D eigenvalue weighted by atomic mass is 127. The van der Waals surface area contributed by atoms with E-state index in [1.165, 1.54) is 0 Å². The molecule has 142 valence electrons. The second kappa shape index (κ2) is 14.3. The van der Waals surface area contributed by atoms with Crippen molar-refractivity contribution in [3.8, 4) is 0 Å². The van der Waals surface area contributed by atoms with Crippen molar-refractivity contribution in [2.45, 2.75) is 26.2 Å². The van der Waals surface area contributed by atoms with E-state index in [2.05, 4.69) is 37.8 Å². The topological polar surface area (TPSA) is 74.2 Å². The molecule has 0 spiro atoms. The maximum Gasteiger partial charge on any atom is 0.191 e. The van der Waals surface area contributed by atoms with Gasteiger partial charge in [0.05, 0.1) is 0 Å². The number of hydrogen-bond acceptors (Lipinski definition) is 4. The molecule has 0 aliphatic rings.